The maximum absolute atomic E-state index is 8.74. The maximum Gasteiger partial charge on any atom is 0.394 e. The summed E-state index contributed by atoms with van der Waals surface area (Å²) >= 11 is 0. The van der Waals surface area contributed by atoms with Gasteiger partial charge in [0.25, 0.3) is 0 Å². The van der Waals surface area contributed by atoms with Crippen molar-refractivity contribution < 1.29 is 17.5 Å². The van der Waals surface area contributed by atoms with Crippen LogP contribution in [0, 0.1) is 0 Å². The Morgan fingerprint density at radius 3 is 1.36 bits per heavy atom. The Morgan fingerprint density at radius 2 is 1.27 bits per heavy atom. The van der Waals surface area contributed by atoms with Crippen molar-refractivity contribution in [2.75, 3.05) is 0 Å². The highest BCUT2D eigenvalue weighted by Gasteiger charge is 1.84. The van der Waals surface area contributed by atoms with Crippen LogP contribution in [0.15, 0.2) is 12.4 Å². The average molecular weight is 180 g/mol. The molecule has 0 aromatic carbocycles. The second kappa shape index (κ2) is 4.60. The second-order valence-electron chi connectivity index (χ2n) is 1.16. The zero-order chi connectivity index (χ0) is 8.74. The van der Waals surface area contributed by atoms with Crippen LogP contribution in [0.4, 0.5) is 0 Å². The molecule has 0 aliphatic heterocycles. The Kier molecular flexibility index (Phi) is 4.10. The van der Waals surface area contributed by atoms with E-state index in [1.807, 2.05) is 0 Å². The third kappa shape index (κ3) is 17.7. The van der Waals surface area contributed by atoms with Gasteiger partial charge in [-0.25, -0.2) is 0 Å². The Hall–Kier alpha value is -1.19. The first-order chi connectivity index (χ1) is 5.00. The van der Waals surface area contributed by atoms with Gasteiger partial charge in [-0.3, -0.25) is 9.11 Å². The van der Waals surface area contributed by atoms with E-state index in [9.17, 15) is 0 Å². The first-order valence-corrected chi connectivity index (χ1v) is 3.55. The number of hydrogen-bond donors (Lipinski definition) is 2. The number of rotatable bonds is 0. The number of aromatic nitrogens is 4. The average Bonchev–Trinajstić information content (AvgIpc) is 1.88. The molecule has 0 saturated carbocycles. The summed E-state index contributed by atoms with van der Waals surface area (Å²) in [6.07, 6.45) is 2.93. The Morgan fingerprint density at radius 1 is 1.00 bits per heavy atom. The van der Waals surface area contributed by atoms with Crippen molar-refractivity contribution in [2.24, 2.45) is 0 Å². The predicted octanol–water partition coefficient (Wildman–Crippen LogP) is -1.39. The van der Waals surface area contributed by atoms with Crippen molar-refractivity contribution >= 4 is 10.4 Å². The molecule has 0 saturated heterocycles. The van der Waals surface area contributed by atoms with Gasteiger partial charge in [-0.05, 0) is 10.4 Å². The molecule has 1 rings (SSSR count). The van der Waals surface area contributed by atoms with E-state index < -0.39 is 10.4 Å². The van der Waals surface area contributed by atoms with Gasteiger partial charge in [0.2, 0.25) is 0 Å². The van der Waals surface area contributed by atoms with Crippen molar-refractivity contribution in [3.05, 3.63) is 12.4 Å². The van der Waals surface area contributed by atoms with E-state index in [1.54, 1.807) is 0 Å². The first-order valence-electron chi connectivity index (χ1n) is 2.15. The lowest BCUT2D eigenvalue weighted by Crippen LogP contribution is -1.89. The Balaban J connectivity index is 0.000000187. The van der Waals surface area contributed by atoms with Gasteiger partial charge in [-0.2, -0.15) is 8.42 Å². The fourth-order valence-corrected chi connectivity index (χ4v) is 0.165. The molecule has 0 amide bonds. The molecule has 9 heteroatoms. The van der Waals surface area contributed by atoms with Gasteiger partial charge in [0.05, 0.1) is 12.4 Å². The summed E-state index contributed by atoms with van der Waals surface area (Å²) in [5.74, 6) is 0. The molecular weight excluding hydrogens is 176 g/mol. The lowest BCUT2D eigenvalue weighted by molar-refractivity contribution is 0.381. The fourth-order valence-electron chi connectivity index (χ4n) is 0.165. The molecule has 0 bridgehead atoms. The molecule has 1 heterocycles. The van der Waals surface area contributed by atoms with Gasteiger partial charge in [-0.1, -0.05) is 0 Å². The van der Waals surface area contributed by atoms with Crippen LogP contribution in [0.5, 0.6) is 0 Å². The summed E-state index contributed by atoms with van der Waals surface area (Å²) in [6, 6.07) is 0. The normalized spacial score (nSPS) is 9.64. The van der Waals surface area contributed by atoms with Gasteiger partial charge in [0.15, 0.2) is 0 Å². The van der Waals surface area contributed by atoms with Crippen molar-refractivity contribution in [1.82, 2.24) is 20.6 Å². The van der Waals surface area contributed by atoms with E-state index in [0.717, 1.165) is 0 Å². The monoisotopic (exact) mass is 180 g/mol. The van der Waals surface area contributed by atoms with Crippen LogP contribution in [-0.4, -0.2) is 38.1 Å². The van der Waals surface area contributed by atoms with Crippen LogP contribution in [0.3, 0.4) is 0 Å². The number of hydrogen-bond acceptors (Lipinski definition) is 6. The molecule has 0 aliphatic carbocycles. The SMILES string of the molecule is O=S(=O)(O)O.c1cnnnn1. The predicted molar refractivity (Wildman–Crippen MR) is 31.8 cm³/mol. The third-order valence-corrected chi connectivity index (χ3v) is 0.343. The summed E-state index contributed by atoms with van der Waals surface area (Å²) in [4.78, 5) is 0. The second-order valence-corrected chi connectivity index (χ2v) is 2.05. The number of nitrogens with zero attached hydrogens (tertiary/aromatic N) is 4. The zero-order valence-corrected chi connectivity index (χ0v) is 5.88. The first kappa shape index (κ1) is 9.81. The summed E-state index contributed by atoms with van der Waals surface area (Å²) in [7, 11) is -4.67. The molecule has 0 spiro atoms. The molecule has 62 valence electrons. The highest BCUT2D eigenvalue weighted by atomic mass is 32.3. The smallest absolute Gasteiger partial charge is 0.264 e. The molecule has 1 aromatic heterocycles. The summed E-state index contributed by atoms with van der Waals surface area (Å²) < 4.78 is 31.6. The van der Waals surface area contributed by atoms with Crippen molar-refractivity contribution in [3.63, 3.8) is 0 Å². The molecule has 11 heavy (non-hydrogen) atoms. The van der Waals surface area contributed by atoms with E-state index in [0.29, 0.717) is 0 Å². The van der Waals surface area contributed by atoms with Gasteiger partial charge in [0, 0.05) is 0 Å². The van der Waals surface area contributed by atoms with E-state index in [2.05, 4.69) is 20.6 Å². The molecule has 1 aromatic rings. The molecule has 8 nitrogen and oxygen atoms in total. The minimum absolute atomic E-state index is 1.47. The topological polar surface area (TPSA) is 126 Å². The lowest BCUT2D eigenvalue weighted by atomic mass is 11.0. The van der Waals surface area contributed by atoms with Crippen LogP contribution in [0.2, 0.25) is 0 Å². The van der Waals surface area contributed by atoms with Crippen molar-refractivity contribution in [3.8, 4) is 0 Å². The highest BCUT2D eigenvalue weighted by Crippen LogP contribution is 1.59. The van der Waals surface area contributed by atoms with Crippen LogP contribution in [0.25, 0.3) is 0 Å². The van der Waals surface area contributed by atoms with Crippen molar-refractivity contribution in [2.45, 2.75) is 0 Å². The lowest BCUT2D eigenvalue weighted by Gasteiger charge is -1.68. The molecule has 0 fully saturated rings. The minimum atomic E-state index is -4.67. The van der Waals surface area contributed by atoms with E-state index >= 15 is 0 Å². The Bertz CT molecular complexity index is 237. The van der Waals surface area contributed by atoms with Gasteiger partial charge < -0.3 is 0 Å². The Labute approximate surface area is 61.9 Å². The standard InChI is InChI=1S/C2H2N4.H2O4S/c1-2-4-6-5-3-1;1-5(2,3)4/h1-2H;(H2,1,2,3,4). The fraction of sp³-hybridized carbons (Fsp3) is 0. The largest absolute Gasteiger partial charge is 0.394 e. The summed E-state index contributed by atoms with van der Waals surface area (Å²) in [5, 5.41) is 13.1. The summed E-state index contributed by atoms with van der Waals surface area (Å²) in [5.41, 5.74) is 0. The van der Waals surface area contributed by atoms with Gasteiger partial charge in [-0.15, -0.1) is 10.2 Å². The molecule has 0 unspecified atom stereocenters. The van der Waals surface area contributed by atoms with Gasteiger partial charge in [0.1, 0.15) is 0 Å². The maximum atomic E-state index is 8.74. The molecular formula is C2H4N4O4S. The quantitative estimate of drug-likeness (QED) is 0.467. The van der Waals surface area contributed by atoms with Crippen LogP contribution in [0.1, 0.15) is 0 Å². The van der Waals surface area contributed by atoms with Gasteiger partial charge >= 0.3 is 10.4 Å². The summed E-state index contributed by atoms with van der Waals surface area (Å²) in [6.45, 7) is 0. The minimum Gasteiger partial charge on any atom is -0.264 e. The van der Waals surface area contributed by atoms with E-state index in [1.165, 1.54) is 12.4 Å². The highest BCUT2D eigenvalue weighted by molar-refractivity contribution is 7.79. The molecule has 2 N–H and O–H groups in total. The third-order valence-electron chi connectivity index (χ3n) is 0.343. The van der Waals surface area contributed by atoms with Crippen LogP contribution >= 0.6 is 0 Å². The van der Waals surface area contributed by atoms with E-state index in [-0.39, 0.29) is 0 Å². The molecule has 0 atom stereocenters. The van der Waals surface area contributed by atoms with Crippen LogP contribution < -0.4 is 0 Å². The molecule has 0 radical (unpaired) electrons. The molecule has 0 aliphatic rings. The zero-order valence-electron chi connectivity index (χ0n) is 5.06. The van der Waals surface area contributed by atoms with Crippen molar-refractivity contribution in [1.29, 1.82) is 0 Å². The van der Waals surface area contributed by atoms with E-state index in [4.69, 9.17) is 17.5 Å². The van der Waals surface area contributed by atoms with Crippen LogP contribution in [-0.2, 0) is 10.4 Å².